The molecule has 1 N–H and O–H groups in total. The van der Waals surface area contributed by atoms with E-state index in [4.69, 9.17) is 27.6 Å². The van der Waals surface area contributed by atoms with Crippen molar-refractivity contribution < 1.29 is 9.21 Å². The van der Waals surface area contributed by atoms with Gasteiger partial charge in [-0.05, 0) is 49.9 Å². The molecule has 3 rings (SSSR count). The summed E-state index contributed by atoms with van der Waals surface area (Å²) in [4.78, 5) is 19.2. The molecular weight excluding hydrogens is 393 g/mol. The molecule has 1 amide bonds. The number of carbonyl (C=O) groups is 1. The lowest BCUT2D eigenvalue weighted by atomic mass is 10.3. The third-order valence-electron chi connectivity index (χ3n) is 3.75. The minimum Gasteiger partial charge on any atom is -0.441 e. The SMILES string of the molecule is CCN(CC)c1ccc(/C=C2\SC(=Nc3ccc(Cl)c(Cl)c3)NC2=O)o1. The van der Waals surface area contributed by atoms with E-state index < -0.39 is 0 Å². The molecule has 8 heteroatoms. The third kappa shape index (κ3) is 4.26. The average molecular weight is 410 g/mol. The molecule has 26 heavy (non-hydrogen) atoms. The van der Waals surface area contributed by atoms with Crippen LogP contribution in [0.15, 0.2) is 44.6 Å². The van der Waals surface area contributed by atoms with Crippen LogP contribution in [-0.4, -0.2) is 24.2 Å². The van der Waals surface area contributed by atoms with Gasteiger partial charge in [0, 0.05) is 25.2 Å². The predicted octanol–water partition coefficient (Wildman–Crippen LogP) is 5.32. The first kappa shape index (κ1) is 18.9. The van der Waals surface area contributed by atoms with Crippen LogP contribution in [0.25, 0.3) is 6.08 Å². The number of nitrogens with zero attached hydrogens (tertiary/aromatic N) is 2. The van der Waals surface area contributed by atoms with Gasteiger partial charge in [0.25, 0.3) is 5.91 Å². The molecule has 0 unspecified atom stereocenters. The maximum atomic E-state index is 12.2. The van der Waals surface area contributed by atoms with Crippen molar-refractivity contribution in [2.75, 3.05) is 18.0 Å². The average Bonchev–Trinajstić information content (AvgIpc) is 3.20. The van der Waals surface area contributed by atoms with E-state index in [0.717, 1.165) is 19.0 Å². The maximum absolute atomic E-state index is 12.2. The molecule has 2 aromatic rings. The molecule has 0 bridgehead atoms. The quantitative estimate of drug-likeness (QED) is 0.678. The van der Waals surface area contributed by atoms with Gasteiger partial charge in [0.15, 0.2) is 11.1 Å². The fourth-order valence-electron chi connectivity index (χ4n) is 2.41. The Balaban J connectivity index is 1.78. The predicted molar refractivity (Wildman–Crippen MR) is 110 cm³/mol. The van der Waals surface area contributed by atoms with Crippen molar-refractivity contribution in [3.05, 3.63) is 51.0 Å². The molecule has 0 spiro atoms. The fraction of sp³-hybridized carbons (Fsp3) is 0.222. The normalized spacial score (nSPS) is 17.2. The smallest absolute Gasteiger partial charge is 0.264 e. The lowest BCUT2D eigenvalue weighted by molar-refractivity contribution is -0.115. The van der Waals surface area contributed by atoms with Crippen molar-refractivity contribution in [2.24, 2.45) is 4.99 Å². The Bertz CT molecular complexity index is 888. The van der Waals surface area contributed by atoms with Crippen LogP contribution in [-0.2, 0) is 4.79 Å². The van der Waals surface area contributed by atoms with E-state index in [0.29, 0.717) is 31.6 Å². The molecule has 0 saturated carbocycles. The summed E-state index contributed by atoms with van der Waals surface area (Å²) in [6, 6.07) is 8.80. The number of amides is 1. The highest BCUT2D eigenvalue weighted by Gasteiger charge is 2.24. The van der Waals surface area contributed by atoms with Crippen molar-refractivity contribution in [1.29, 1.82) is 0 Å². The number of halogens is 2. The molecule has 1 aromatic carbocycles. The van der Waals surface area contributed by atoms with Gasteiger partial charge >= 0.3 is 0 Å². The minimum absolute atomic E-state index is 0.213. The summed E-state index contributed by atoms with van der Waals surface area (Å²) < 4.78 is 5.80. The highest BCUT2D eigenvalue weighted by molar-refractivity contribution is 8.18. The second-order valence-electron chi connectivity index (χ2n) is 5.43. The monoisotopic (exact) mass is 409 g/mol. The van der Waals surface area contributed by atoms with Gasteiger partial charge in [-0.25, -0.2) is 4.99 Å². The van der Waals surface area contributed by atoms with Gasteiger partial charge in [0.2, 0.25) is 0 Å². The van der Waals surface area contributed by atoms with Gasteiger partial charge in [-0.3, -0.25) is 4.79 Å². The summed E-state index contributed by atoms with van der Waals surface area (Å²) in [7, 11) is 0. The fourth-order valence-corrected chi connectivity index (χ4v) is 3.52. The molecule has 0 aliphatic carbocycles. The van der Waals surface area contributed by atoms with Crippen LogP contribution in [0.1, 0.15) is 19.6 Å². The van der Waals surface area contributed by atoms with Crippen LogP contribution in [0.2, 0.25) is 10.0 Å². The van der Waals surface area contributed by atoms with Crippen LogP contribution in [0.5, 0.6) is 0 Å². The number of hydrogen-bond donors (Lipinski definition) is 1. The lowest BCUT2D eigenvalue weighted by Crippen LogP contribution is -2.20. The topological polar surface area (TPSA) is 57.8 Å². The molecule has 2 heterocycles. The van der Waals surface area contributed by atoms with E-state index in [2.05, 4.69) is 29.1 Å². The number of rotatable bonds is 5. The number of amidine groups is 1. The molecule has 1 aliphatic heterocycles. The van der Waals surface area contributed by atoms with Gasteiger partial charge in [-0.2, -0.15) is 0 Å². The van der Waals surface area contributed by atoms with E-state index in [1.54, 1.807) is 24.3 Å². The summed E-state index contributed by atoms with van der Waals surface area (Å²) in [5.74, 6) is 1.20. The molecule has 1 aromatic heterocycles. The first-order valence-electron chi connectivity index (χ1n) is 8.09. The lowest BCUT2D eigenvalue weighted by Gasteiger charge is -2.16. The van der Waals surface area contributed by atoms with E-state index >= 15 is 0 Å². The second kappa shape index (κ2) is 8.20. The van der Waals surface area contributed by atoms with E-state index in [1.807, 2.05) is 12.1 Å². The number of hydrogen-bond acceptors (Lipinski definition) is 5. The Hall–Kier alpha value is -1.89. The molecule has 0 atom stereocenters. The largest absolute Gasteiger partial charge is 0.441 e. The van der Waals surface area contributed by atoms with Gasteiger partial charge in [-0.1, -0.05) is 23.2 Å². The van der Waals surface area contributed by atoms with Crippen LogP contribution < -0.4 is 10.2 Å². The van der Waals surface area contributed by atoms with Crippen molar-refractivity contribution in [1.82, 2.24) is 5.32 Å². The molecule has 1 fully saturated rings. The van der Waals surface area contributed by atoms with Crippen molar-refractivity contribution in [3.8, 4) is 0 Å². The Morgan fingerprint density at radius 1 is 1.19 bits per heavy atom. The summed E-state index contributed by atoms with van der Waals surface area (Å²) in [6.07, 6.45) is 1.71. The van der Waals surface area contributed by atoms with E-state index in [1.165, 1.54) is 11.8 Å². The summed E-state index contributed by atoms with van der Waals surface area (Å²) in [6.45, 7) is 5.85. The summed E-state index contributed by atoms with van der Waals surface area (Å²) in [5, 5.41) is 4.09. The Labute approximate surface area is 166 Å². The Kier molecular flexibility index (Phi) is 5.96. The number of benzene rings is 1. The zero-order valence-corrected chi connectivity index (χ0v) is 16.6. The second-order valence-corrected chi connectivity index (χ2v) is 7.27. The van der Waals surface area contributed by atoms with Crippen LogP contribution in [0.3, 0.4) is 0 Å². The highest BCUT2D eigenvalue weighted by Crippen LogP contribution is 2.31. The minimum atomic E-state index is -0.213. The molecule has 0 radical (unpaired) electrons. The van der Waals surface area contributed by atoms with Crippen molar-refractivity contribution >= 4 is 63.7 Å². The van der Waals surface area contributed by atoms with Crippen LogP contribution in [0, 0.1) is 0 Å². The zero-order valence-electron chi connectivity index (χ0n) is 14.3. The van der Waals surface area contributed by atoms with Gasteiger partial charge in [0.05, 0.1) is 20.6 Å². The van der Waals surface area contributed by atoms with Crippen LogP contribution in [0.4, 0.5) is 11.6 Å². The maximum Gasteiger partial charge on any atom is 0.264 e. The zero-order chi connectivity index (χ0) is 18.7. The van der Waals surface area contributed by atoms with Crippen molar-refractivity contribution in [3.63, 3.8) is 0 Å². The summed E-state index contributed by atoms with van der Waals surface area (Å²) >= 11 is 13.1. The van der Waals surface area contributed by atoms with Crippen molar-refractivity contribution in [2.45, 2.75) is 13.8 Å². The van der Waals surface area contributed by atoms with Gasteiger partial charge in [-0.15, -0.1) is 0 Å². The molecule has 1 saturated heterocycles. The third-order valence-corrected chi connectivity index (χ3v) is 5.39. The van der Waals surface area contributed by atoms with E-state index in [-0.39, 0.29) is 5.91 Å². The highest BCUT2D eigenvalue weighted by atomic mass is 35.5. The Morgan fingerprint density at radius 2 is 1.96 bits per heavy atom. The number of carbonyl (C=O) groups excluding carboxylic acids is 1. The summed E-state index contributed by atoms with van der Waals surface area (Å²) in [5.41, 5.74) is 0.616. The molecular formula is C18H17Cl2N3O2S. The number of aliphatic imine (C=N–C) groups is 1. The molecule has 5 nitrogen and oxygen atoms in total. The number of thioether (sulfide) groups is 1. The molecule has 1 aliphatic rings. The van der Waals surface area contributed by atoms with Gasteiger partial charge < -0.3 is 14.6 Å². The number of furan rings is 1. The first-order valence-corrected chi connectivity index (χ1v) is 9.66. The Morgan fingerprint density at radius 3 is 2.65 bits per heavy atom. The standard InChI is InChI=1S/C18H17Cl2N3O2S/c1-3-23(4-2)16-8-6-12(25-16)10-15-17(24)22-18(26-15)21-11-5-7-13(19)14(20)9-11/h5-10H,3-4H2,1-2H3,(H,21,22,24)/b15-10-. The van der Waals surface area contributed by atoms with Gasteiger partial charge in [0.1, 0.15) is 5.76 Å². The number of nitrogens with one attached hydrogen (secondary N) is 1. The molecule has 136 valence electrons. The first-order chi connectivity index (χ1) is 12.5. The number of anilines is 1. The van der Waals surface area contributed by atoms with Crippen LogP contribution >= 0.6 is 35.0 Å². The van der Waals surface area contributed by atoms with E-state index in [9.17, 15) is 4.79 Å².